The summed E-state index contributed by atoms with van der Waals surface area (Å²) in [6.45, 7) is 4.03. The van der Waals surface area contributed by atoms with Crippen molar-refractivity contribution in [2.24, 2.45) is 5.73 Å². The standard InChI is InChI=1S/C15H18FN3O/c1-9(8-17)19(3)15(20)13-6-11-4-5-12(16)7-14(11)18-10(13)2/h4-7,9H,8,17H2,1-3H3. The number of hydrogen-bond donors (Lipinski definition) is 1. The Balaban J connectivity index is 2.47. The van der Waals surface area contributed by atoms with E-state index < -0.39 is 0 Å². The Hall–Kier alpha value is -2.01. The number of benzene rings is 1. The van der Waals surface area contributed by atoms with Gasteiger partial charge in [0.25, 0.3) is 5.91 Å². The van der Waals surface area contributed by atoms with Gasteiger partial charge < -0.3 is 10.6 Å². The lowest BCUT2D eigenvalue weighted by atomic mass is 10.1. The van der Waals surface area contributed by atoms with Gasteiger partial charge in [0, 0.05) is 31.1 Å². The van der Waals surface area contributed by atoms with Gasteiger partial charge in [-0.1, -0.05) is 0 Å². The van der Waals surface area contributed by atoms with Crippen LogP contribution in [-0.4, -0.2) is 35.4 Å². The third kappa shape index (κ3) is 2.63. The molecule has 1 atom stereocenters. The first-order valence-electron chi connectivity index (χ1n) is 6.48. The highest BCUT2D eigenvalue weighted by molar-refractivity contribution is 5.98. The number of aryl methyl sites for hydroxylation is 1. The van der Waals surface area contributed by atoms with Gasteiger partial charge in [0.1, 0.15) is 5.82 Å². The largest absolute Gasteiger partial charge is 0.338 e. The second-order valence-electron chi connectivity index (χ2n) is 4.96. The topological polar surface area (TPSA) is 59.2 Å². The van der Waals surface area contributed by atoms with Crippen LogP contribution in [0.3, 0.4) is 0 Å². The lowest BCUT2D eigenvalue weighted by molar-refractivity contribution is 0.0747. The number of carbonyl (C=O) groups excluding carboxylic acids is 1. The van der Waals surface area contributed by atoms with E-state index in [1.54, 1.807) is 31.0 Å². The van der Waals surface area contributed by atoms with Crippen LogP contribution >= 0.6 is 0 Å². The van der Waals surface area contributed by atoms with Gasteiger partial charge in [-0.05, 0) is 32.0 Å². The van der Waals surface area contributed by atoms with E-state index in [0.717, 1.165) is 5.39 Å². The maximum Gasteiger partial charge on any atom is 0.255 e. The first-order valence-corrected chi connectivity index (χ1v) is 6.48. The van der Waals surface area contributed by atoms with Gasteiger partial charge in [0.15, 0.2) is 0 Å². The molecule has 1 aromatic carbocycles. The highest BCUT2D eigenvalue weighted by atomic mass is 19.1. The fourth-order valence-corrected chi connectivity index (χ4v) is 2.00. The number of amides is 1. The summed E-state index contributed by atoms with van der Waals surface area (Å²) < 4.78 is 13.2. The van der Waals surface area contributed by atoms with Crippen molar-refractivity contribution in [2.45, 2.75) is 19.9 Å². The predicted molar refractivity (Wildman–Crippen MR) is 77.0 cm³/mol. The molecular formula is C15H18FN3O. The van der Waals surface area contributed by atoms with E-state index in [-0.39, 0.29) is 17.8 Å². The molecule has 0 fully saturated rings. The Morgan fingerprint density at radius 2 is 2.15 bits per heavy atom. The maximum atomic E-state index is 13.2. The summed E-state index contributed by atoms with van der Waals surface area (Å²) >= 11 is 0. The highest BCUT2D eigenvalue weighted by Gasteiger charge is 2.19. The van der Waals surface area contributed by atoms with Crippen LogP contribution in [-0.2, 0) is 0 Å². The normalized spacial score (nSPS) is 12.4. The molecule has 2 rings (SSSR count). The lowest BCUT2D eigenvalue weighted by Crippen LogP contribution is -2.40. The van der Waals surface area contributed by atoms with Gasteiger partial charge in [0.2, 0.25) is 0 Å². The molecule has 5 heteroatoms. The van der Waals surface area contributed by atoms with Crippen molar-refractivity contribution in [2.75, 3.05) is 13.6 Å². The van der Waals surface area contributed by atoms with Crippen LogP contribution in [0.25, 0.3) is 10.9 Å². The minimum atomic E-state index is -0.336. The predicted octanol–water partition coefficient (Wildman–Crippen LogP) is 2.10. The van der Waals surface area contributed by atoms with E-state index in [2.05, 4.69) is 4.98 Å². The number of likely N-dealkylation sites (N-methyl/N-ethyl adjacent to an activating group) is 1. The van der Waals surface area contributed by atoms with Crippen LogP contribution in [0.5, 0.6) is 0 Å². The maximum absolute atomic E-state index is 13.2. The molecule has 0 bridgehead atoms. The molecule has 1 unspecified atom stereocenters. The summed E-state index contributed by atoms with van der Waals surface area (Å²) in [5, 5.41) is 0.745. The first kappa shape index (κ1) is 14.4. The van der Waals surface area contributed by atoms with E-state index in [9.17, 15) is 9.18 Å². The van der Waals surface area contributed by atoms with Gasteiger partial charge >= 0.3 is 0 Å². The molecule has 0 aliphatic heterocycles. The zero-order chi connectivity index (χ0) is 14.9. The van der Waals surface area contributed by atoms with Gasteiger partial charge in [-0.15, -0.1) is 0 Å². The molecule has 4 nitrogen and oxygen atoms in total. The number of rotatable bonds is 3. The molecule has 1 heterocycles. The van der Waals surface area contributed by atoms with Crippen LogP contribution in [0.2, 0.25) is 0 Å². The Kier molecular flexibility index (Phi) is 3.99. The van der Waals surface area contributed by atoms with Gasteiger partial charge in [-0.3, -0.25) is 9.78 Å². The fraction of sp³-hybridized carbons (Fsp3) is 0.333. The molecule has 0 saturated carbocycles. The number of hydrogen-bond acceptors (Lipinski definition) is 3. The molecule has 1 aromatic heterocycles. The quantitative estimate of drug-likeness (QED) is 0.933. The number of halogens is 1. The summed E-state index contributed by atoms with van der Waals surface area (Å²) in [5.41, 5.74) is 7.24. The minimum absolute atomic E-state index is 0.0502. The van der Waals surface area contributed by atoms with Crippen LogP contribution in [0, 0.1) is 12.7 Å². The lowest BCUT2D eigenvalue weighted by Gasteiger charge is -2.24. The first-order chi connectivity index (χ1) is 9.43. The van der Waals surface area contributed by atoms with Crippen molar-refractivity contribution in [1.82, 2.24) is 9.88 Å². The minimum Gasteiger partial charge on any atom is -0.338 e. The highest BCUT2D eigenvalue weighted by Crippen LogP contribution is 2.19. The molecule has 106 valence electrons. The van der Waals surface area contributed by atoms with Crippen molar-refractivity contribution in [1.29, 1.82) is 0 Å². The molecule has 1 amide bonds. The molecule has 2 aromatic rings. The van der Waals surface area contributed by atoms with Crippen molar-refractivity contribution < 1.29 is 9.18 Å². The summed E-state index contributed by atoms with van der Waals surface area (Å²) in [5.74, 6) is -0.462. The SMILES string of the molecule is Cc1nc2cc(F)ccc2cc1C(=O)N(C)C(C)CN. The van der Waals surface area contributed by atoms with Crippen LogP contribution < -0.4 is 5.73 Å². The second-order valence-corrected chi connectivity index (χ2v) is 4.96. The molecule has 0 radical (unpaired) electrons. The van der Waals surface area contributed by atoms with Gasteiger partial charge in [-0.2, -0.15) is 0 Å². The van der Waals surface area contributed by atoms with Crippen molar-refractivity contribution in [3.05, 3.63) is 41.3 Å². The zero-order valence-corrected chi connectivity index (χ0v) is 11.9. The van der Waals surface area contributed by atoms with Gasteiger partial charge in [-0.25, -0.2) is 4.39 Å². The van der Waals surface area contributed by atoms with Crippen molar-refractivity contribution in [3.63, 3.8) is 0 Å². The molecule has 0 aliphatic carbocycles. The Bertz CT molecular complexity index is 657. The van der Waals surface area contributed by atoms with Crippen LogP contribution in [0.1, 0.15) is 23.0 Å². The smallest absolute Gasteiger partial charge is 0.255 e. The Morgan fingerprint density at radius 3 is 2.80 bits per heavy atom. The fourth-order valence-electron chi connectivity index (χ4n) is 2.00. The van der Waals surface area contributed by atoms with Crippen molar-refractivity contribution in [3.8, 4) is 0 Å². The number of fused-ring (bicyclic) bond motifs is 1. The zero-order valence-electron chi connectivity index (χ0n) is 11.9. The molecule has 2 N–H and O–H groups in total. The van der Waals surface area contributed by atoms with E-state index in [1.807, 2.05) is 6.92 Å². The average molecular weight is 275 g/mol. The third-order valence-corrected chi connectivity index (χ3v) is 3.52. The van der Waals surface area contributed by atoms with E-state index in [1.165, 1.54) is 12.1 Å². The Labute approximate surface area is 117 Å². The third-order valence-electron chi connectivity index (χ3n) is 3.52. The number of pyridine rings is 1. The Morgan fingerprint density at radius 1 is 1.45 bits per heavy atom. The van der Waals surface area contributed by atoms with Crippen LogP contribution in [0.4, 0.5) is 4.39 Å². The molecule has 0 spiro atoms. The number of carbonyl (C=O) groups is 1. The monoisotopic (exact) mass is 275 g/mol. The van der Waals surface area contributed by atoms with E-state index in [4.69, 9.17) is 5.73 Å². The summed E-state index contributed by atoms with van der Waals surface area (Å²) in [4.78, 5) is 18.3. The van der Waals surface area contributed by atoms with E-state index >= 15 is 0 Å². The molecule has 0 saturated heterocycles. The molecular weight excluding hydrogens is 257 g/mol. The number of aromatic nitrogens is 1. The number of nitrogens with two attached hydrogens (primary N) is 1. The second kappa shape index (κ2) is 5.54. The van der Waals surface area contributed by atoms with Crippen molar-refractivity contribution >= 4 is 16.8 Å². The van der Waals surface area contributed by atoms with Gasteiger partial charge in [0.05, 0.1) is 16.8 Å². The summed E-state index contributed by atoms with van der Waals surface area (Å²) in [6, 6.07) is 6.05. The molecule has 0 aliphatic rings. The molecule has 20 heavy (non-hydrogen) atoms. The summed E-state index contributed by atoms with van der Waals surface area (Å²) in [7, 11) is 1.72. The average Bonchev–Trinajstić information content (AvgIpc) is 2.44. The number of nitrogens with zero attached hydrogens (tertiary/aromatic N) is 2. The van der Waals surface area contributed by atoms with Crippen LogP contribution in [0.15, 0.2) is 24.3 Å². The summed E-state index contributed by atoms with van der Waals surface area (Å²) in [6.07, 6.45) is 0. The van der Waals surface area contributed by atoms with E-state index in [0.29, 0.717) is 23.3 Å².